The number of amides is 2. The Labute approximate surface area is 240 Å². The van der Waals surface area contributed by atoms with Gasteiger partial charge in [-0.1, -0.05) is 42.5 Å². The summed E-state index contributed by atoms with van der Waals surface area (Å²) in [6.45, 7) is 8.01. The first-order chi connectivity index (χ1) is 18.5. The van der Waals surface area contributed by atoms with E-state index in [1.165, 1.54) is 0 Å². The largest absolute Gasteiger partial charge is 0.497 e. The normalized spacial score (nSPS) is 11.5. The Hall–Kier alpha value is -3.10. The molecule has 0 spiro atoms. The van der Waals surface area contributed by atoms with Crippen LogP contribution >= 0.6 is 23.5 Å². The van der Waals surface area contributed by atoms with E-state index in [1.807, 2.05) is 100 Å². The van der Waals surface area contributed by atoms with Crippen LogP contribution in [-0.4, -0.2) is 35.5 Å². The summed E-state index contributed by atoms with van der Waals surface area (Å²) in [5.74, 6) is 2.88. The van der Waals surface area contributed by atoms with Crippen molar-refractivity contribution in [3.05, 3.63) is 89.5 Å². The van der Waals surface area contributed by atoms with Gasteiger partial charge in [0.1, 0.15) is 11.5 Å². The Kier molecular flexibility index (Phi) is 10.8. The van der Waals surface area contributed by atoms with E-state index in [9.17, 15) is 9.59 Å². The molecule has 3 aromatic carbocycles. The van der Waals surface area contributed by atoms with E-state index in [0.717, 1.165) is 28.2 Å². The van der Waals surface area contributed by atoms with Crippen molar-refractivity contribution in [2.24, 2.45) is 0 Å². The molecule has 0 unspecified atom stereocenters. The number of methoxy groups -OCH3 is 2. The van der Waals surface area contributed by atoms with Crippen LogP contribution in [0.4, 0.5) is 5.69 Å². The highest BCUT2D eigenvalue weighted by atomic mass is 32.2. The number of rotatable bonds is 13. The Bertz CT molecular complexity index is 1240. The lowest BCUT2D eigenvalue weighted by Crippen LogP contribution is -2.39. The molecule has 6 nitrogen and oxygen atoms in total. The van der Waals surface area contributed by atoms with E-state index in [-0.39, 0.29) is 11.8 Å². The summed E-state index contributed by atoms with van der Waals surface area (Å²) in [6, 6.07) is 23.3. The average Bonchev–Trinajstić information content (AvgIpc) is 2.94. The molecular formula is C31H38N2O4S2. The summed E-state index contributed by atoms with van der Waals surface area (Å²) < 4.78 is 9.15. The molecule has 0 aliphatic rings. The van der Waals surface area contributed by atoms with Gasteiger partial charge >= 0.3 is 0 Å². The molecule has 8 heteroatoms. The van der Waals surface area contributed by atoms with Crippen molar-refractivity contribution in [1.29, 1.82) is 0 Å². The van der Waals surface area contributed by atoms with Crippen LogP contribution in [0.2, 0.25) is 0 Å². The fourth-order valence-electron chi connectivity index (χ4n) is 3.56. The van der Waals surface area contributed by atoms with Crippen molar-refractivity contribution in [1.82, 2.24) is 5.32 Å². The quantitative estimate of drug-likeness (QED) is 0.240. The lowest BCUT2D eigenvalue weighted by atomic mass is 10.1. The number of para-hydroxylation sites is 1. The molecule has 208 valence electrons. The zero-order chi connectivity index (χ0) is 28.5. The van der Waals surface area contributed by atoms with E-state index < -0.39 is 9.49 Å². The third-order valence-electron chi connectivity index (χ3n) is 6.32. The van der Waals surface area contributed by atoms with E-state index in [4.69, 9.17) is 9.47 Å². The molecule has 0 bridgehead atoms. The van der Waals surface area contributed by atoms with Gasteiger partial charge in [0.25, 0.3) is 0 Å². The first-order valence-corrected chi connectivity index (χ1v) is 14.7. The van der Waals surface area contributed by atoms with Gasteiger partial charge < -0.3 is 20.1 Å². The SMILES string of the molecule is COc1ccc(CSC(C)(C)C(=O)NCc2ccccc2NC(=O)C(C)(C)SCc2ccc(OC)cc2)cc1. The minimum Gasteiger partial charge on any atom is -0.497 e. The molecule has 0 aromatic heterocycles. The summed E-state index contributed by atoms with van der Waals surface area (Å²) in [7, 11) is 3.29. The fourth-order valence-corrected chi connectivity index (χ4v) is 5.39. The second-order valence-electron chi connectivity index (χ2n) is 10.1. The summed E-state index contributed by atoms with van der Waals surface area (Å²) >= 11 is 3.15. The molecule has 0 aliphatic carbocycles. The van der Waals surface area contributed by atoms with Crippen molar-refractivity contribution in [3.8, 4) is 11.5 Å². The highest BCUT2D eigenvalue weighted by molar-refractivity contribution is 8.00. The predicted octanol–water partition coefficient (Wildman–Crippen LogP) is 6.68. The standard InChI is InChI=1S/C31H38N2O4S2/c1-30(2,38-20-22-11-15-25(36-5)16-12-22)28(34)32-19-24-9-7-8-10-27(24)33-29(35)31(3,4)39-21-23-13-17-26(37-6)18-14-23/h7-18H,19-21H2,1-6H3,(H,32,34)(H,33,35). The van der Waals surface area contributed by atoms with Crippen LogP contribution in [0.25, 0.3) is 0 Å². The zero-order valence-electron chi connectivity index (χ0n) is 23.5. The highest BCUT2D eigenvalue weighted by Crippen LogP contribution is 2.31. The smallest absolute Gasteiger partial charge is 0.240 e. The first-order valence-electron chi connectivity index (χ1n) is 12.8. The van der Waals surface area contributed by atoms with Crippen molar-refractivity contribution < 1.29 is 19.1 Å². The van der Waals surface area contributed by atoms with E-state index in [2.05, 4.69) is 10.6 Å². The maximum atomic E-state index is 13.2. The van der Waals surface area contributed by atoms with Crippen LogP contribution in [0.5, 0.6) is 11.5 Å². The number of ether oxygens (including phenoxy) is 2. The van der Waals surface area contributed by atoms with Gasteiger partial charge in [0.2, 0.25) is 11.8 Å². The second-order valence-corrected chi connectivity index (χ2v) is 13.3. The Morgan fingerprint density at radius 3 is 1.64 bits per heavy atom. The van der Waals surface area contributed by atoms with E-state index in [1.54, 1.807) is 37.7 Å². The molecule has 2 amide bonds. The molecule has 3 rings (SSSR count). The van der Waals surface area contributed by atoms with Crippen LogP contribution in [0.15, 0.2) is 72.8 Å². The lowest BCUT2D eigenvalue weighted by molar-refractivity contribution is -0.122. The number of hydrogen-bond donors (Lipinski definition) is 2. The van der Waals surface area contributed by atoms with E-state index >= 15 is 0 Å². The summed E-state index contributed by atoms with van der Waals surface area (Å²) in [6.07, 6.45) is 0. The van der Waals surface area contributed by atoms with Crippen molar-refractivity contribution in [2.75, 3.05) is 19.5 Å². The average molecular weight is 567 g/mol. The second kappa shape index (κ2) is 13.8. The van der Waals surface area contributed by atoms with Crippen molar-refractivity contribution in [2.45, 2.75) is 55.2 Å². The molecule has 0 heterocycles. The van der Waals surface area contributed by atoms with Crippen LogP contribution in [0, 0.1) is 0 Å². The van der Waals surface area contributed by atoms with E-state index in [0.29, 0.717) is 23.7 Å². The number of carbonyl (C=O) groups excluding carboxylic acids is 2. The van der Waals surface area contributed by atoms with Gasteiger partial charge in [0.15, 0.2) is 0 Å². The Balaban J connectivity index is 1.55. The van der Waals surface area contributed by atoms with Gasteiger partial charge in [0.05, 0.1) is 23.7 Å². The highest BCUT2D eigenvalue weighted by Gasteiger charge is 2.30. The summed E-state index contributed by atoms with van der Waals surface area (Å²) in [5, 5.41) is 6.13. The molecule has 0 fully saturated rings. The number of thioether (sulfide) groups is 2. The van der Waals surface area contributed by atoms with Crippen molar-refractivity contribution in [3.63, 3.8) is 0 Å². The third kappa shape index (κ3) is 8.97. The summed E-state index contributed by atoms with van der Waals surface area (Å²) in [5.41, 5.74) is 3.80. The number of carbonyl (C=O) groups is 2. The van der Waals surface area contributed by atoms with Gasteiger partial charge in [0, 0.05) is 23.7 Å². The van der Waals surface area contributed by atoms with Crippen LogP contribution in [0.1, 0.15) is 44.4 Å². The van der Waals surface area contributed by atoms with Gasteiger partial charge in [-0.2, -0.15) is 0 Å². The minimum atomic E-state index is -0.656. The number of nitrogens with one attached hydrogen (secondary N) is 2. The summed E-state index contributed by atoms with van der Waals surface area (Å²) in [4.78, 5) is 26.3. The van der Waals surface area contributed by atoms with Crippen LogP contribution < -0.4 is 20.1 Å². The van der Waals surface area contributed by atoms with Crippen LogP contribution in [-0.2, 0) is 27.6 Å². The number of anilines is 1. The molecule has 0 saturated carbocycles. The maximum absolute atomic E-state index is 13.2. The molecule has 39 heavy (non-hydrogen) atoms. The van der Waals surface area contributed by atoms with Gasteiger partial charge in [-0.15, -0.1) is 23.5 Å². The molecule has 3 aromatic rings. The van der Waals surface area contributed by atoms with Crippen LogP contribution in [0.3, 0.4) is 0 Å². The zero-order valence-corrected chi connectivity index (χ0v) is 25.1. The molecular weight excluding hydrogens is 528 g/mol. The molecule has 0 aliphatic heterocycles. The number of hydrogen-bond acceptors (Lipinski definition) is 6. The molecule has 0 radical (unpaired) electrons. The number of benzene rings is 3. The Morgan fingerprint density at radius 2 is 1.15 bits per heavy atom. The maximum Gasteiger partial charge on any atom is 0.240 e. The topological polar surface area (TPSA) is 76.7 Å². The van der Waals surface area contributed by atoms with Gasteiger partial charge in [-0.3, -0.25) is 9.59 Å². The van der Waals surface area contributed by atoms with Crippen molar-refractivity contribution >= 4 is 41.0 Å². The molecule has 0 atom stereocenters. The third-order valence-corrected chi connectivity index (χ3v) is 9.09. The molecule has 2 N–H and O–H groups in total. The molecule has 0 saturated heterocycles. The monoisotopic (exact) mass is 566 g/mol. The fraction of sp³-hybridized carbons (Fsp3) is 0.355. The lowest BCUT2D eigenvalue weighted by Gasteiger charge is -2.25. The predicted molar refractivity (Wildman–Crippen MR) is 164 cm³/mol. The first kappa shape index (κ1) is 30.4. The Morgan fingerprint density at radius 1 is 0.692 bits per heavy atom. The minimum absolute atomic E-state index is 0.0579. The van der Waals surface area contributed by atoms with Gasteiger partial charge in [-0.05, 0) is 74.7 Å². The van der Waals surface area contributed by atoms with Gasteiger partial charge in [-0.25, -0.2) is 0 Å².